The Kier molecular flexibility index (Phi) is 2.18. The van der Waals surface area contributed by atoms with E-state index in [1.54, 1.807) is 0 Å². The molecule has 0 spiro atoms. The van der Waals surface area contributed by atoms with Gasteiger partial charge in [-0.1, -0.05) is 0 Å². The summed E-state index contributed by atoms with van der Waals surface area (Å²) >= 11 is 0. The van der Waals surface area contributed by atoms with Crippen molar-refractivity contribution in [2.24, 2.45) is 0 Å². The van der Waals surface area contributed by atoms with Gasteiger partial charge < -0.3 is 4.90 Å². The molecule has 0 aliphatic carbocycles. The fourth-order valence-corrected chi connectivity index (χ4v) is 1.22. The summed E-state index contributed by atoms with van der Waals surface area (Å²) in [6, 6.07) is 0. The molecule has 0 atom stereocenters. The van der Waals surface area contributed by atoms with Crippen molar-refractivity contribution in [3.63, 3.8) is 0 Å². The molecule has 1 fully saturated rings. The van der Waals surface area contributed by atoms with Gasteiger partial charge in [0, 0.05) is 18.5 Å². The fraction of sp³-hybridized carbons (Fsp3) is 0.875. The van der Waals surface area contributed by atoms with E-state index in [0.29, 0.717) is 13.1 Å². The molecule has 0 radical (unpaired) electrons. The Labute approximate surface area is 67.8 Å². The molecule has 0 aromatic rings. The summed E-state index contributed by atoms with van der Waals surface area (Å²) in [5.41, 5.74) is -0.0372. The smallest absolute Gasteiger partial charge is 0.225 e. The molecule has 0 aromatic carbocycles. The van der Waals surface area contributed by atoms with Gasteiger partial charge in [0.25, 0.3) is 0 Å². The average Bonchev–Trinajstić information content (AvgIpc) is 1.86. The predicted octanol–water partition coefficient (Wildman–Crippen LogP) is 0.564. The molecule has 1 aliphatic heterocycles. The maximum absolute atomic E-state index is 11.3. The third kappa shape index (κ3) is 1.93. The first-order valence-electron chi connectivity index (χ1n) is 4.03. The minimum atomic E-state index is -0.0372. The molecule has 0 unspecified atom stereocenters. The molecule has 0 saturated carbocycles. The second-order valence-electron chi connectivity index (χ2n) is 3.90. The third-order valence-corrected chi connectivity index (χ3v) is 1.90. The quantitative estimate of drug-likeness (QED) is 0.556. The van der Waals surface area contributed by atoms with Crippen molar-refractivity contribution in [1.82, 2.24) is 10.2 Å². The molecule has 64 valence electrons. The largest absolute Gasteiger partial charge is 0.325 e. The lowest BCUT2D eigenvalue weighted by Crippen LogP contribution is -2.54. The van der Waals surface area contributed by atoms with Crippen LogP contribution in [0.3, 0.4) is 0 Å². The molecule has 1 aliphatic rings. The molecule has 3 nitrogen and oxygen atoms in total. The summed E-state index contributed by atoms with van der Waals surface area (Å²) < 4.78 is 0. The van der Waals surface area contributed by atoms with Gasteiger partial charge in [0.2, 0.25) is 5.91 Å². The van der Waals surface area contributed by atoms with Crippen molar-refractivity contribution in [2.75, 3.05) is 13.2 Å². The van der Waals surface area contributed by atoms with Crippen LogP contribution in [0, 0.1) is 0 Å². The SMILES string of the molecule is CC(C)(C)N1CNCCC1=O. The minimum Gasteiger partial charge on any atom is -0.325 e. The minimum absolute atomic E-state index is 0.0372. The van der Waals surface area contributed by atoms with E-state index in [4.69, 9.17) is 0 Å². The maximum Gasteiger partial charge on any atom is 0.225 e. The molecule has 1 amide bonds. The van der Waals surface area contributed by atoms with Crippen molar-refractivity contribution in [3.8, 4) is 0 Å². The molecule has 11 heavy (non-hydrogen) atoms. The van der Waals surface area contributed by atoms with Gasteiger partial charge in [-0.3, -0.25) is 10.1 Å². The van der Waals surface area contributed by atoms with E-state index < -0.39 is 0 Å². The van der Waals surface area contributed by atoms with Crippen molar-refractivity contribution >= 4 is 5.91 Å². The zero-order chi connectivity index (χ0) is 8.48. The molecule has 1 rings (SSSR count). The van der Waals surface area contributed by atoms with Crippen molar-refractivity contribution in [3.05, 3.63) is 0 Å². The summed E-state index contributed by atoms with van der Waals surface area (Å²) in [7, 11) is 0. The van der Waals surface area contributed by atoms with Gasteiger partial charge in [-0.15, -0.1) is 0 Å². The molecular formula is C8H16N2O. The van der Waals surface area contributed by atoms with E-state index in [-0.39, 0.29) is 11.4 Å². The lowest BCUT2D eigenvalue weighted by atomic mass is 10.1. The first kappa shape index (κ1) is 8.53. The Morgan fingerprint density at radius 3 is 2.45 bits per heavy atom. The molecular weight excluding hydrogens is 140 g/mol. The average molecular weight is 156 g/mol. The Bertz CT molecular complexity index is 160. The van der Waals surface area contributed by atoms with Crippen LogP contribution in [0.15, 0.2) is 0 Å². The van der Waals surface area contributed by atoms with Gasteiger partial charge in [0.1, 0.15) is 0 Å². The van der Waals surface area contributed by atoms with Gasteiger partial charge in [-0.25, -0.2) is 0 Å². The van der Waals surface area contributed by atoms with Crippen LogP contribution in [0.2, 0.25) is 0 Å². The van der Waals surface area contributed by atoms with Crippen molar-refractivity contribution < 1.29 is 4.79 Å². The van der Waals surface area contributed by atoms with Gasteiger partial charge in [0.05, 0.1) is 6.67 Å². The van der Waals surface area contributed by atoms with Crippen LogP contribution in [0.25, 0.3) is 0 Å². The lowest BCUT2D eigenvalue weighted by molar-refractivity contribution is -0.138. The number of carbonyl (C=O) groups excluding carboxylic acids is 1. The molecule has 0 aromatic heterocycles. The topological polar surface area (TPSA) is 32.3 Å². The van der Waals surface area contributed by atoms with Crippen molar-refractivity contribution in [1.29, 1.82) is 0 Å². The predicted molar refractivity (Wildman–Crippen MR) is 44.1 cm³/mol. The number of amides is 1. The van der Waals surface area contributed by atoms with Crippen molar-refractivity contribution in [2.45, 2.75) is 32.7 Å². The Morgan fingerprint density at radius 1 is 1.45 bits per heavy atom. The van der Waals surface area contributed by atoms with Crippen LogP contribution in [-0.4, -0.2) is 29.6 Å². The van der Waals surface area contributed by atoms with E-state index in [1.807, 2.05) is 4.90 Å². The Morgan fingerprint density at radius 2 is 2.09 bits per heavy atom. The second kappa shape index (κ2) is 2.81. The molecule has 0 bridgehead atoms. The lowest BCUT2D eigenvalue weighted by Gasteiger charge is -2.38. The second-order valence-corrected chi connectivity index (χ2v) is 3.90. The summed E-state index contributed by atoms with van der Waals surface area (Å²) in [5.74, 6) is 0.260. The molecule has 1 saturated heterocycles. The summed E-state index contributed by atoms with van der Waals surface area (Å²) in [5, 5.41) is 3.18. The van der Waals surface area contributed by atoms with E-state index in [9.17, 15) is 4.79 Å². The summed E-state index contributed by atoms with van der Waals surface area (Å²) in [6.07, 6.45) is 0.636. The third-order valence-electron chi connectivity index (χ3n) is 1.90. The highest BCUT2D eigenvalue weighted by atomic mass is 16.2. The monoisotopic (exact) mass is 156 g/mol. The van der Waals surface area contributed by atoms with Crippen LogP contribution in [-0.2, 0) is 4.79 Å². The maximum atomic E-state index is 11.3. The molecule has 3 heteroatoms. The number of rotatable bonds is 0. The van der Waals surface area contributed by atoms with E-state index >= 15 is 0 Å². The summed E-state index contributed by atoms with van der Waals surface area (Å²) in [6.45, 7) is 7.68. The van der Waals surface area contributed by atoms with Crippen LogP contribution in [0.1, 0.15) is 27.2 Å². The van der Waals surface area contributed by atoms with Crippen LogP contribution in [0.5, 0.6) is 0 Å². The first-order chi connectivity index (χ1) is 5.02. The first-order valence-corrected chi connectivity index (χ1v) is 4.03. The highest BCUT2D eigenvalue weighted by molar-refractivity contribution is 5.77. The Hall–Kier alpha value is -0.570. The van der Waals surface area contributed by atoms with E-state index in [0.717, 1.165) is 6.54 Å². The zero-order valence-corrected chi connectivity index (χ0v) is 7.48. The fourth-order valence-electron chi connectivity index (χ4n) is 1.22. The zero-order valence-electron chi connectivity index (χ0n) is 7.48. The number of carbonyl (C=O) groups is 1. The van der Waals surface area contributed by atoms with E-state index in [1.165, 1.54) is 0 Å². The standard InChI is InChI=1S/C8H16N2O/c1-8(2,3)10-6-9-5-4-7(10)11/h9H,4-6H2,1-3H3. The number of nitrogens with one attached hydrogen (secondary N) is 1. The van der Waals surface area contributed by atoms with Crippen LogP contribution >= 0.6 is 0 Å². The number of nitrogens with zero attached hydrogens (tertiary/aromatic N) is 1. The highest BCUT2D eigenvalue weighted by Gasteiger charge is 2.27. The van der Waals surface area contributed by atoms with Crippen LogP contribution < -0.4 is 5.32 Å². The van der Waals surface area contributed by atoms with Gasteiger partial charge in [-0.2, -0.15) is 0 Å². The van der Waals surface area contributed by atoms with Gasteiger partial charge >= 0.3 is 0 Å². The highest BCUT2D eigenvalue weighted by Crippen LogP contribution is 2.14. The van der Waals surface area contributed by atoms with Gasteiger partial charge in [0.15, 0.2) is 0 Å². The number of hydrogen-bond acceptors (Lipinski definition) is 2. The van der Waals surface area contributed by atoms with Crippen LogP contribution in [0.4, 0.5) is 0 Å². The normalized spacial score (nSPS) is 20.6. The Balaban J connectivity index is 2.62. The van der Waals surface area contributed by atoms with Gasteiger partial charge in [-0.05, 0) is 20.8 Å². The molecule has 1 N–H and O–H groups in total. The summed E-state index contributed by atoms with van der Waals surface area (Å²) in [4.78, 5) is 13.2. The number of hydrogen-bond donors (Lipinski definition) is 1. The van der Waals surface area contributed by atoms with E-state index in [2.05, 4.69) is 26.1 Å². The molecule has 1 heterocycles.